The third-order valence-corrected chi connectivity index (χ3v) is 7.47. The fourth-order valence-corrected chi connectivity index (χ4v) is 5.60. The van der Waals surface area contributed by atoms with Crippen LogP contribution < -0.4 is 10.0 Å². The van der Waals surface area contributed by atoms with E-state index in [9.17, 15) is 4.57 Å². The van der Waals surface area contributed by atoms with Gasteiger partial charge in [-0.05, 0) is 31.0 Å². The van der Waals surface area contributed by atoms with Gasteiger partial charge in [0.25, 0.3) is 0 Å². The van der Waals surface area contributed by atoms with E-state index >= 15 is 0 Å². The van der Waals surface area contributed by atoms with Gasteiger partial charge in [0.05, 0.1) is 28.8 Å². The number of fused-ring (bicyclic) bond motifs is 4. The zero-order chi connectivity index (χ0) is 22.6. The molecule has 6 rings (SSSR count). The lowest BCUT2D eigenvalue weighted by Gasteiger charge is -2.14. The van der Waals surface area contributed by atoms with Gasteiger partial charge in [0.15, 0.2) is 5.65 Å². The monoisotopic (exact) mass is 455 g/mol. The lowest BCUT2D eigenvalue weighted by molar-refractivity contribution is 0.304. The Morgan fingerprint density at radius 2 is 1.88 bits per heavy atom. The van der Waals surface area contributed by atoms with Gasteiger partial charge in [-0.25, -0.2) is 4.52 Å². The topological polar surface area (TPSA) is 88.1 Å². The van der Waals surface area contributed by atoms with Gasteiger partial charge < -0.3 is 14.3 Å². The molecule has 0 fully saturated rings. The quantitative estimate of drug-likeness (QED) is 0.351. The highest BCUT2D eigenvalue weighted by atomic mass is 31.2. The summed E-state index contributed by atoms with van der Waals surface area (Å²) in [6.45, 7) is 4.06. The maximum atomic E-state index is 12.9. The summed E-state index contributed by atoms with van der Waals surface area (Å²) < 4.78 is 20.9. The molecule has 0 unspecified atom stereocenters. The Hall–Kier alpha value is -3.83. The van der Waals surface area contributed by atoms with Crippen molar-refractivity contribution < 1.29 is 9.30 Å². The largest absolute Gasteiger partial charge is 0.487 e. The van der Waals surface area contributed by atoms with E-state index in [0.717, 1.165) is 43.8 Å². The Bertz CT molecular complexity index is 1670. The average Bonchev–Trinajstić information content (AvgIpc) is 3.52. The first kappa shape index (κ1) is 19.8. The van der Waals surface area contributed by atoms with Crippen molar-refractivity contribution in [2.75, 3.05) is 13.3 Å². The highest BCUT2D eigenvalue weighted by Gasteiger charge is 2.21. The average molecular weight is 455 g/mol. The molecule has 0 aliphatic heterocycles. The first-order valence-corrected chi connectivity index (χ1v) is 13.3. The van der Waals surface area contributed by atoms with Gasteiger partial charge >= 0.3 is 0 Å². The summed E-state index contributed by atoms with van der Waals surface area (Å²) in [5.74, 6) is 0.708. The van der Waals surface area contributed by atoms with E-state index in [4.69, 9.17) is 4.74 Å². The van der Waals surface area contributed by atoms with E-state index in [-0.39, 0.29) is 0 Å². The molecule has 4 aromatic heterocycles. The first-order chi connectivity index (χ1) is 16.0. The number of nitrogens with one attached hydrogen (secondary N) is 2. The van der Waals surface area contributed by atoms with E-state index in [1.54, 1.807) is 19.5 Å². The molecule has 0 amide bonds. The fourth-order valence-electron chi connectivity index (χ4n) is 4.40. The smallest absolute Gasteiger partial charge is 0.178 e. The van der Waals surface area contributed by atoms with Crippen LogP contribution in [-0.4, -0.2) is 38.1 Å². The van der Waals surface area contributed by atoms with Gasteiger partial charge in [-0.1, -0.05) is 42.5 Å². The number of pyridine rings is 1. The van der Waals surface area contributed by atoms with E-state index in [1.165, 1.54) is 0 Å². The van der Waals surface area contributed by atoms with Crippen molar-refractivity contribution in [2.45, 2.75) is 6.61 Å². The van der Waals surface area contributed by atoms with Crippen molar-refractivity contribution in [3.05, 3.63) is 78.8 Å². The zero-order valence-corrected chi connectivity index (χ0v) is 19.1. The minimum Gasteiger partial charge on any atom is -0.487 e. The van der Waals surface area contributed by atoms with Crippen LogP contribution in [-0.2, 0) is 11.2 Å². The van der Waals surface area contributed by atoms with Gasteiger partial charge in [-0.3, -0.25) is 5.10 Å². The van der Waals surface area contributed by atoms with Crippen molar-refractivity contribution in [3.63, 3.8) is 0 Å². The highest BCUT2D eigenvalue weighted by molar-refractivity contribution is 7.70. The van der Waals surface area contributed by atoms with Crippen molar-refractivity contribution in [1.82, 2.24) is 24.8 Å². The first-order valence-electron chi connectivity index (χ1n) is 10.7. The molecule has 0 spiro atoms. The van der Waals surface area contributed by atoms with Crippen LogP contribution in [0.4, 0.5) is 0 Å². The molecule has 0 atom stereocenters. The molecule has 6 aromatic rings. The number of hydrogen-bond acceptors (Lipinski definition) is 4. The third kappa shape index (κ3) is 3.33. The number of hydrogen-bond donors (Lipinski definition) is 2. The normalized spacial score (nSPS) is 12.2. The van der Waals surface area contributed by atoms with Crippen molar-refractivity contribution >= 4 is 39.9 Å². The predicted molar refractivity (Wildman–Crippen MR) is 132 cm³/mol. The minimum absolute atomic E-state index is 0.457. The van der Waals surface area contributed by atoms with Crippen molar-refractivity contribution in [3.8, 4) is 16.9 Å². The van der Waals surface area contributed by atoms with Gasteiger partial charge in [0.2, 0.25) is 0 Å². The molecule has 4 heterocycles. The van der Waals surface area contributed by atoms with Crippen molar-refractivity contribution in [2.24, 2.45) is 0 Å². The van der Waals surface area contributed by atoms with Gasteiger partial charge in [0.1, 0.15) is 19.5 Å². The maximum absolute atomic E-state index is 12.9. The molecular formula is C25H22N5O2P. The molecule has 0 aliphatic carbocycles. The summed E-state index contributed by atoms with van der Waals surface area (Å²) in [7, 11) is -2.44. The Morgan fingerprint density at radius 3 is 2.70 bits per heavy atom. The van der Waals surface area contributed by atoms with Crippen LogP contribution in [0.2, 0.25) is 0 Å². The Kier molecular flexibility index (Phi) is 4.42. The predicted octanol–water partition coefficient (Wildman–Crippen LogP) is 5.19. The summed E-state index contributed by atoms with van der Waals surface area (Å²) in [6, 6.07) is 18.1. The standard InChI is InChI=1S/C25H22N5O2P/c1-33(2,31)22-9-8-18(23-19(22)10-11-26-23)20-12-17(32-15-16-6-4-3-5-7-16)14-30-24(20)21-13-27-28-25(21)29-30/h3-14,26H,15H2,1-2H3,(H,28,29). The maximum Gasteiger partial charge on any atom is 0.178 e. The SMILES string of the molecule is CP(C)(=O)c1ccc(-c2cc(OCc3ccccc3)cn3nc4[nH]ncc4c23)c2[nH]ccc12. The number of H-pyrrole nitrogens is 2. The molecule has 2 N–H and O–H groups in total. The molecule has 2 aromatic carbocycles. The molecule has 7 nitrogen and oxygen atoms in total. The van der Waals surface area contributed by atoms with E-state index in [1.807, 2.05) is 71.5 Å². The van der Waals surface area contributed by atoms with Crippen molar-refractivity contribution in [1.29, 1.82) is 0 Å². The molecule has 0 saturated carbocycles. The van der Waals surface area contributed by atoms with E-state index < -0.39 is 7.14 Å². The van der Waals surface area contributed by atoms with Crippen LogP contribution in [0.3, 0.4) is 0 Å². The summed E-state index contributed by atoms with van der Waals surface area (Å²) in [5.41, 5.74) is 5.63. The number of rotatable bonds is 5. The minimum atomic E-state index is -2.44. The molecule has 0 radical (unpaired) electrons. The number of aromatic nitrogens is 5. The second-order valence-electron chi connectivity index (χ2n) is 8.54. The van der Waals surface area contributed by atoms with Gasteiger partial charge in [-0.15, -0.1) is 5.10 Å². The number of nitrogens with zero attached hydrogens (tertiary/aromatic N) is 3. The van der Waals surface area contributed by atoms with Crippen LogP contribution in [0, 0.1) is 0 Å². The third-order valence-electron chi connectivity index (χ3n) is 5.92. The van der Waals surface area contributed by atoms with Crippen LogP contribution in [0.1, 0.15) is 5.56 Å². The van der Waals surface area contributed by atoms with Gasteiger partial charge in [0, 0.05) is 28.0 Å². The number of aromatic amines is 2. The van der Waals surface area contributed by atoms with Crippen LogP contribution in [0.15, 0.2) is 73.2 Å². The fraction of sp³-hybridized carbons (Fsp3) is 0.120. The molecule has 164 valence electrons. The second-order valence-corrected chi connectivity index (χ2v) is 11.7. The summed E-state index contributed by atoms with van der Waals surface area (Å²) in [6.07, 6.45) is 5.57. The lowest BCUT2D eigenvalue weighted by Crippen LogP contribution is -2.04. The molecule has 0 aliphatic rings. The molecule has 0 bridgehead atoms. The van der Waals surface area contributed by atoms with Crippen LogP contribution in [0.5, 0.6) is 5.75 Å². The summed E-state index contributed by atoms with van der Waals surface area (Å²) in [4.78, 5) is 3.36. The number of ether oxygens (including phenoxy) is 1. The van der Waals surface area contributed by atoms with E-state index in [2.05, 4.69) is 20.3 Å². The Balaban J connectivity index is 1.57. The second kappa shape index (κ2) is 7.36. The van der Waals surface area contributed by atoms with Gasteiger partial charge in [-0.2, -0.15) is 5.10 Å². The van der Waals surface area contributed by atoms with Crippen LogP contribution in [0.25, 0.3) is 38.6 Å². The zero-order valence-electron chi connectivity index (χ0n) is 18.2. The summed E-state index contributed by atoms with van der Waals surface area (Å²) in [5, 5.41) is 14.6. The lowest BCUT2D eigenvalue weighted by atomic mass is 10.0. The van der Waals surface area contributed by atoms with E-state index in [0.29, 0.717) is 18.0 Å². The molecule has 8 heteroatoms. The number of benzene rings is 2. The highest BCUT2D eigenvalue weighted by Crippen LogP contribution is 2.41. The molecule has 0 saturated heterocycles. The summed E-state index contributed by atoms with van der Waals surface area (Å²) >= 11 is 0. The van der Waals surface area contributed by atoms with Crippen LogP contribution >= 0.6 is 7.14 Å². The molecular weight excluding hydrogens is 433 g/mol. The Morgan fingerprint density at radius 1 is 1.03 bits per heavy atom. The molecule has 33 heavy (non-hydrogen) atoms. The Labute approximate surface area is 189 Å².